The average Bonchev–Trinajstić information content (AvgIpc) is 2.66. The van der Waals surface area contributed by atoms with Gasteiger partial charge in [0, 0.05) is 24.9 Å². The van der Waals surface area contributed by atoms with Crippen LogP contribution in [0.2, 0.25) is 0 Å². The van der Waals surface area contributed by atoms with Gasteiger partial charge in [-0.1, -0.05) is 6.92 Å². The molecule has 0 fully saturated rings. The van der Waals surface area contributed by atoms with Crippen molar-refractivity contribution >= 4 is 5.97 Å². The number of hydroxylamine groups is 2. The first-order valence-electron chi connectivity index (χ1n) is 4.80. The van der Waals surface area contributed by atoms with Crippen molar-refractivity contribution in [3.05, 3.63) is 18.2 Å². The van der Waals surface area contributed by atoms with Gasteiger partial charge in [-0.05, 0) is 6.42 Å². The first-order chi connectivity index (χ1) is 7.15. The van der Waals surface area contributed by atoms with Crippen molar-refractivity contribution in [3.63, 3.8) is 0 Å². The molecule has 0 amide bonds. The molecule has 0 spiro atoms. The third-order valence-corrected chi connectivity index (χ3v) is 2.07. The molecule has 0 radical (unpaired) electrons. The van der Waals surface area contributed by atoms with Crippen LogP contribution in [-0.4, -0.2) is 43.9 Å². The smallest absolute Gasteiger partial charge is 0.323 e. The first-order valence-corrected chi connectivity index (χ1v) is 4.80. The number of nitrogens with zero attached hydrogens (tertiary/aromatic N) is 2. The summed E-state index contributed by atoms with van der Waals surface area (Å²) in [4.78, 5) is 17.5. The van der Waals surface area contributed by atoms with Crippen molar-refractivity contribution < 1.29 is 15.1 Å². The van der Waals surface area contributed by atoms with Crippen LogP contribution in [0.3, 0.4) is 0 Å². The fourth-order valence-corrected chi connectivity index (χ4v) is 1.31. The van der Waals surface area contributed by atoms with Gasteiger partial charge in [-0.25, -0.2) is 4.98 Å². The van der Waals surface area contributed by atoms with Crippen LogP contribution in [0.5, 0.6) is 0 Å². The fourth-order valence-electron chi connectivity index (χ4n) is 1.31. The highest BCUT2D eigenvalue weighted by atomic mass is 16.5. The van der Waals surface area contributed by atoms with Crippen LogP contribution in [0.15, 0.2) is 12.5 Å². The second-order valence-corrected chi connectivity index (χ2v) is 3.30. The molecule has 0 aliphatic rings. The molecule has 6 nitrogen and oxygen atoms in total. The Hall–Kier alpha value is -1.40. The number of carboxylic acids is 1. The number of nitrogens with one attached hydrogen (secondary N) is 1. The van der Waals surface area contributed by atoms with Gasteiger partial charge < -0.3 is 15.3 Å². The maximum Gasteiger partial charge on any atom is 0.323 e. The minimum absolute atomic E-state index is 0.214. The van der Waals surface area contributed by atoms with Gasteiger partial charge in [0.1, 0.15) is 6.04 Å². The number of imidazole rings is 1. The predicted octanol–water partition coefficient (Wildman–Crippen LogP) is 0.507. The normalized spacial score (nSPS) is 13.0. The molecule has 1 aromatic rings. The molecule has 0 saturated carbocycles. The second kappa shape index (κ2) is 5.47. The number of hydrogen-bond donors (Lipinski definition) is 3. The van der Waals surface area contributed by atoms with Crippen molar-refractivity contribution in [2.45, 2.75) is 25.8 Å². The number of aliphatic carboxylic acids is 1. The van der Waals surface area contributed by atoms with Crippen molar-refractivity contribution in [1.82, 2.24) is 15.0 Å². The molecule has 0 aliphatic carbocycles. The summed E-state index contributed by atoms with van der Waals surface area (Å²) in [6, 6.07) is -0.926. The molecule has 0 unspecified atom stereocenters. The molecule has 1 heterocycles. The molecule has 6 heteroatoms. The number of H-pyrrole nitrogens is 1. The maximum atomic E-state index is 10.9. The van der Waals surface area contributed by atoms with Crippen LogP contribution in [0.25, 0.3) is 0 Å². The maximum absolute atomic E-state index is 10.9. The highest BCUT2D eigenvalue weighted by molar-refractivity contribution is 5.73. The van der Waals surface area contributed by atoms with E-state index in [4.69, 9.17) is 5.11 Å². The topological polar surface area (TPSA) is 89.5 Å². The lowest BCUT2D eigenvalue weighted by molar-refractivity contribution is -0.169. The first kappa shape index (κ1) is 11.7. The van der Waals surface area contributed by atoms with Crippen molar-refractivity contribution in [2.75, 3.05) is 6.54 Å². The summed E-state index contributed by atoms with van der Waals surface area (Å²) in [6.45, 7) is 2.21. The summed E-state index contributed by atoms with van der Waals surface area (Å²) in [5, 5.41) is 19.3. The van der Waals surface area contributed by atoms with Gasteiger partial charge in [0.2, 0.25) is 0 Å². The molecular formula is C9H15N3O3. The Kier molecular flexibility index (Phi) is 4.26. The number of rotatable bonds is 6. The SMILES string of the molecule is CCCN(O)[C@@H](Cc1cnc[nH]1)C(=O)O. The quantitative estimate of drug-likeness (QED) is 0.599. The molecule has 0 aliphatic heterocycles. The monoisotopic (exact) mass is 213 g/mol. The van der Waals surface area contributed by atoms with Crippen molar-refractivity contribution in [1.29, 1.82) is 0 Å². The molecule has 84 valence electrons. The van der Waals surface area contributed by atoms with Crippen molar-refractivity contribution in [2.24, 2.45) is 0 Å². The second-order valence-electron chi connectivity index (χ2n) is 3.30. The van der Waals surface area contributed by atoms with E-state index in [1.54, 1.807) is 6.20 Å². The van der Waals surface area contributed by atoms with Crippen LogP contribution in [-0.2, 0) is 11.2 Å². The molecule has 1 rings (SSSR count). The zero-order valence-corrected chi connectivity index (χ0v) is 8.55. The zero-order valence-electron chi connectivity index (χ0n) is 8.55. The van der Waals surface area contributed by atoms with Crippen LogP contribution in [0, 0.1) is 0 Å². The number of carbonyl (C=O) groups is 1. The predicted molar refractivity (Wildman–Crippen MR) is 52.5 cm³/mol. The molecule has 0 bridgehead atoms. The molecule has 0 saturated heterocycles. The van der Waals surface area contributed by atoms with Crippen molar-refractivity contribution in [3.8, 4) is 0 Å². The van der Waals surface area contributed by atoms with E-state index in [9.17, 15) is 10.0 Å². The molecule has 1 atom stereocenters. The third kappa shape index (κ3) is 3.34. The fraction of sp³-hybridized carbons (Fsp3) is 0.556. The van der Waals surface area contributed by atoms with E-state index in [0.29, 0.717) is 18.7 Å². The highest BCUT2D eigenvalue weighted by Gasteiger charge is 2.24. The zero-order chi connectivity index (χ0) is 11.3. The minimum atomic E-state index is -1.04. The molecule has 15 heavy (non-hydrogen) atoms. The Morgan fingerprint density at radius 2 is 2.47 bits per heavy atom. The van der Waals surface area contributed by atoms with Gasteiger partial charge in [-0.3, -0.25) is 4.79 Å². The summed E-state index contributed by atoms with van der Waals surface area (Å²) in [7, 11) is 0. The lowest BCUT2D eigenvalue weighted by Gasteiger charge is -2.21. The largest absolute Gasteiger partial charge is 0.480 e. The van der Waals surface area contributed by atoms with E-state index in [0.717, 1.165) is 5.06 Å². The van der Waals surface area contributed by atoms with Gasteiger partial charge in [0.05, 0.1) is 6.33 Å². The van der Waals surface area contributed by atoms with E-state index < -0.39 is 12.0 Å². The summed E-state index contributed by atoms with van der Waals surface area (Å²) in [5.41, 5.74) is 0.692. The number of aromatic amines is 1. The third-order valence-electron chi connectivity index (χ3n) is 2.07. The van der Waals surface area contributed by atoms with E-state index in [2.05, 4.69) is 9.97 Å². The molecule has 0 aromatic carbocycles. The Balaban J connectivity index is 2.62. The van der Waals surface area contributed by atoms with E-state index in [1.807, 2.05) is 6.92 Å². The standard InChI is InChI=1S/C9H15N3O3/c1-2-3-12(15)8(9(13)14)4-7-5-10-6-11-7/h5-6,8,15H,2-4H2,1H3,(H,10,11)(H,13,14)/t8-/m0/s1. The Bertz CT molecular complexity index is 300. The number of aromatic nitrogens is 2. The van der Waals surface area contributed by atoms with Crippen LogP contribution in [0.1, 0.15) is 19.0 Å². The van der Waals surface area contributed by atoms with Gasteiger partial charge in [0.15, 0.2) is 0 Å². The van der Waals surface area contributed by atoms with E-state index >= 15 is 0 Å². The summed E-state index contributed by atoms with van der Waals surface area (Å²) < 4.78 is 0. The van der Waals surface area contributed by atoms with Gasteiger partial charge in [0.25, 0.3) is 0 Å². The Morgan fingerprint density at radius 3 is 2.93 bits per heavy atom. The van der Waals surface area contributed by atoms with Crippen LogP contribution < -0.4 is 0 Å². The highest BCUT2D eigenvalue weighted by Crippen LogP contribution is 2.05. The lowest BCUT2D eigenvalue weighted by atomic mass is 10.1. The van der Waals surface area contributed by atoms with Crippen LogP contribution >= 0.6 is 0 Å². The Labute approximate surface area is 87.5 Å². The minimum Gasteiger partial charge on any atom is -0.480 e. The lowest BCUT2D eigenvalue weighted by Crippen LogP contribution is -2.41. The van der Waals surface area contributed by atoms with Gasteiger partial charge in [-0.15, -0.1) is 0 Å². The number of carboxylic acid groups (broad SMARTS) is 1. The van der Waals surface area contributed by atoms with E-state index in [1.165, 1.54) is 6.33 Å². The summed E-state index contributed by atoms with van der Waals surface area (Å²) in [6.07, 6.45) is 3.95. The summed E-state index contributed by atoms with van der Waals surface area (Å²) >= 11 is 0. The average molecular weight is 213 g/mol. The summed E-state index contributed by atoms with van der Waals surface area (Å²) in [5.74, 6) is -1.04. The molecular weight excluding hydrogens is 198 g/mol. The number of hydrogen-bond acceptors (Lipinski definition) is 4. The van der Waals surface area contributed by atoms with Crippen LogP contribution in [0.4, 0.5) is 0 Å². The molecule has 3 N–H and O–H groups in total. The van der Waals surface area contributed by atoms with E-state index in [-0.39, 0.29) is 6.42 Å². The Morgan fingerprint density at radius 1 is 1.73 bits per heavy atom. The molecule has 1 aromatic heterocycles. The van der Waals surface area contributed by atoms with Gasteiger partial charge in [-0.2, -0.15) is 5.06 Å². The van der Waals surface area contributed by atoms with Gasteiger partial charge >= 0.3 is 5.97 Å².